The fraction of sp³-hybridized carbons (Fsp3) is 0.400. The van der Waals surface area contributed by atoms with Gasteiger partial charge in [-0.25, -0.2) is 9.50 Å². The van der Waals surface area contributed by atoms with E-state index < -0.39 is 0 Å². The van der Waals surface area contributed by atoms with E-state index in [4.69, 9.17) is 0 Å². The zero-order chi connectivity index (χ0) is 10.1. The van der Waals surface area contributed by atoms with Crippen LogP contribution in [0.25, 0.3) is 5.65 Å². The fourth-order valence-corrected chi connectivity index (χ4v) is 1.87. The summed E-state index contributed by atoms with van der Waals surface area (Å²) in [6, 6.07) is 4.04. The quantitative estimate of drug-likeness (QED) is 0.790. The van der Waals surface area contributed by atoms with Crippen LogP contribution < -0.4 is 10.2 Å². The van der Waals surface area contributed by atoms with E-state index in [-0.39, 0.29) is 12.4 Å². The van der Waals surface area contributed by atoms with Crippen LogP contribution in [0.2, 0.25) is 0 Å². The Morgan fingerprint density at radius 1 is 1.19 bits per heavy atom. The van der Waals surface area contributed by atoms with E-state index in [2.05, 4.69) is 20.3 Å². The largest absolute Gasteiger partial charge is 0.353 e. The number of fused-ring (bicyclic) bond motifs is 1. The Bertz CT molecular complexity index is 463. The van der Waals surface area contributed by atoms with Gasteiger partial charge in [0, 0.05) is 38.6 Å². The lowest BCUT2D eigenvalue weighted by molar-refractivity contribution is 0.581. The van der Waals surface area contributed by atoms with Crippen molar-refractivity contribution < 1.29 is 0 Å². The molecule has 1 aliphatic heterocycles. The molecular formula is C10H14ClN5. The predicted octanol–water partition coefficient (Wildman–Crippen LogP) is 0.561. The first-order valence-corrected chi connectivity index (χ1v) is 5.19. The van der Waals surface area contributed by atoms with Gasteiger partial charge in [-0.3, -0.25) is 0 Å². The molecule has 0 aliphatic carbocycles. The summed E-state index contributed by atoms with van der Waals surface area (Å²) in [6.45, 7) is 4.10. The highest BCUT2D eigenvalue weighted by molar-refractivity contribution is 5.85. The van der Waals surface area contributed by atoms with Crippen LogP contribution in [0.1, 0.15) is 0 Å². The molecule has 3 rings (SSSR count). The molecule has 1 N–H and O–H groups in total. The molecule has 1 aliphatic rings. The van der Waals surface area contributed by atoms with Gasteiger partial charge in [0.1, 0.15) is 5.82 Å². The lowest BCUT2D eigenvalue weighted by Crippen LogP contribution is -2.44. The summed E-state index contributed by atoms with van der Waals surface area (Å²) in [4.78, 5) is 6.46. The third-order valence-electron chi connectivity index (χ3n) is 2.68. The molecule has 0 radical (unpaired) electrons. The molecule has 1 saturated heterocycles. The average Bonchev–Trinajstić information content (AvgIpc) is 2.77. The van der Waals surface area contributed by atoms with Gasteiger partial charge < -0.3 is 10.2 Å². The van der Waals surface area contributed by atoms with Gasteiger partial charge in [-0.15, -0.1) is 17.5 Å². The van der Waals surface area contributed by atoms with Crippen molar-refractivity contribution in [2.24, 2.45) is 0 Å². The monoisotopic (exact) mass is 239 g/mol. The average molecular weight is 240 g/mol. The van der Waals surface area contributed by atoms with Gasteiger partial charge in [-0.05, 0) is 12.1 Å². The van der Waals surface area contributed by atoms with Gasteiger partial charge in [0.05, 0.1) is 0 Å². The van der Waals surface area contributed by atoms with Crippen LogP contribution in [0.5, 0.6) is 0 Å². The van der Waals surface area contributed by atoms with E-state index in [9.17, 15) is 0 Å². The summed E-state index contributed by atoms with van der Waals surface area (Å²) in [6.07, 6.45) is 3.64. The molecule has 16 heavy (non-hydrogen) atoms. The lowest BCUT2D eigenvalue weighted by atomic mass is 10.3. The molecule has 6 heteroatoms. The van der Waals surface area contributed by atoms with E-state index in [0.717, 1.165) is 37.6 Å². The number of aromatic nitrogens is 3. The maximum atomic E-state index is 4.51. The zero-order valence-electron chi connectivity index (χ0n) is 8.83. The SMILES string of the molecule is Cl.c1cn2nc(N3CCNCC3)ccc2n1. The first kappa shape index (κ1) is 11.2. The van der Waals surface area contributed by atoms with E-state index >= 15 is 0 Å². The number of nitrogens with one attached hydrogen (secondary N) is 1. The van der Waals surface area contributed by atoms with Crippen molar-refractivity contribution in [2.45, 2.75) is 0 Å². The first-order valence-electron chi connectivity index (χ1n) is 5.19. The van der Waals surface area contributed by atoms with Crippen LogP contribution in [0, 0.1) is 0 Å². The third-order valence-corrected chi connectivity index (χ3v) is 2.68. The van der Waals surface area contributed by atoms with E-state index in [1.807, 2.05) is 22.8 Å². The highest BCUT2D eigenvalue weighted by atomic mass is 35.5. The lowest BCUT2D eigenvalue weighted by Gasteiger charge is -2.28. The zero-order valence-corrected chi connectivity index (χ0v) is 9.65. The number of nitrogens with zero attached hydrogens (tertiary/aromatic N) is 4. The Hall–Kier alpha value is -1.33. The Morgan fingerprint density at radius 3 is 2.81 bits per heavy atom. The predicted molar refractivity (Wildman–Crippen MR) is 65.3 cm³/mol. The smallest absolute Gasteiger partial charge is 0.153 e. The summed E-state index contributed by atoms with van der Waals surface area (Å²) in [7, 11) is 0. The van der Waals surface area contributed by atoms with Crippen molar-refractivity contribution in [3.63, 3.8) is 0 Å². The van der Waals surface area contributed by atoms with Crippen LogP contribution in [0.3, 0.4) is 0 Å². The standard InChI is InChI=1S/C10H13N5.ClH/c1-2-10(14-6-3-11-4-7-14)13-15-8-5-12-9(1)15;/h1-2,5,8,11H,3-4,6-7H2;1H. The normalized spacial score (nSPS) is 16.1. The topological polar surface area (TPSA) is 45.5 Å². The number of hydrogen-bond acceptors (Lipinski definition) is 4. The molecular weight excluding hydrogens is 226 g/mol. The third kappa shape index (κ3) is 1.96. The molecule has 0 spiro atoms. The number of halogens is 1. The van der Waals surface area contributed by atoms with Gasteiger partial charge >= 0.3 is 0 Å². The Balaban J connectivity index is 0.000000963. The van der Waals surface area contributed by atoms with Crippen LogP contribution in [-0.2, 0) is 0 Å². The first-order chi connectivity index (χ1) is 7.43. The molecule has 5 nitrogen and oxygen atoms in total. The number of rotatable bonds is 1. The number of hydrogen-bond donors (Lipinski definition) is 1. The minimum absolute atomic E-state index is 0. The van der Waals surface area contributed by atoms with Gasteiger partial charge in [0.2, 0.25) is 0 Å². The van der Waals surface area contributed by atoms with Gasteiger partial charge in [-0.2, -0.15) is 0 Å². The molecule has 0 unspecified atom stereocenters. The number of piperazine rings is 1. The van der Waals surface area contributed by atoms with Crippen LogP contribution in [-0.4, -0.2) is 40.8 Å². The summed E-state index contributed by atoms with van der Waals surface area (Å²) in [5, 5.41) is 7.84. The van der Waals surface area contributed by atoms with Gasteiger partial charge in [0.15, 0.2) is 5.65 Å². The molecule has 0 saturated carbocycles. The maximum absolute atomic E-state index is 4.51. The van der Waals surface area contributed by atoms with Crippen LogP contribution in [0.4, 0.5) is 5.82 Å². The van der Waals surface area contributed by atoms with E-state index in [0.29, 0.717) is 0 Å². The molecule has 0 amide bonds. The number of anilines is 1. The van der Waals surface area contributed by atoms with Gasteiger partial charge in [-0.1, -0.05) is 0 Å². The molecule has 1 fully saturated rings. The second kappa shape index (κ2) is 4.67. The van der Waals surface area contributed by atoms with E-state index in [1.165, 1.54) is 0 Å². The van der Waals surface area contributed by atoms with Crippen LogP contribution in [0.15, 0.2) is 24.5 Å². The van der Waals surface area contributed by atoms with Crippen molar-refractivity contribution in [3.05, 3.63) is 24.5 Å². The van der Waals surface area contributed by atoms with Gasteiger partial charge in [0.25, 0.3) is 0 Å². The minimum atomic E-state index is 0. The molecule has 3 heterocycles. The Labute approximate surface area is 99.9 Å². The van der Waals surface area contributed by atoms with Crippen molar-refractivity contribution in [2.75, 3.05) is 31.1 Å². The molecule has 0 aromatic carbocycles. The van der Waals surface area contributed by atoms with Crippen molar-refractivity contribution in [3.8, 4) is 0 Å². The number of imidazole rings is 1. The molecule has 0 bridgehead atoms. The minimum Gasteiger partial charge on any atom is -0.353 e. The summed E-state index contributed by atoms with van der Waals surface area (Å²) < 4.78 is 1.82. The molecule has 2 aromatic rings. The highest BCUT2D eigenvalue weighted by Crippen LogP contribution is 2.11. The molecule has 86 valence electrons. The van der Waals surface area contributed by atoms with E-state index in [1.54, 1.807) is 6.20 Å². The van der Waals surface area contributed by atoms with Crippen LogP contribution >= 0.6 is 12.4 Å². The van der Waals surface area contributed by atoms with Crippen molar-refractivity contribution >= 4 is 23.9 Å². The maximum Gasteiger partial charge on any atom is 0.153 e. The molecule has 0 atom stereocenters. The second-order valence-electron chi connectivity index (χ2n) is 3.66. The second-order valence-corrected chi connectivity index (χ2v) is 3.66. The van der Waals surface area contributed by atoms with Crippen molar-refractivity contribution in [1.82, 2.24) is 19.9 Å². The van der Waals surface area contributed by atoms with Crippen molar-refractivity contribution in [1.29, 1.82) is 0 Å². The highest BCUT2D eigenvalue weighted by Gasteiger charge is 2.11. The summed E-state index contributed by atoms with van der Waals surface area (Å²) in [5.74, 6) is 1.03. The Kier molecular flexibility index (Phi) is 3.26. The summed E-state index contributed by atoms with van der Waals surface area (Å²) in [5.41, 5.74) is 0.897. The Morgan fingerprint density at radius 2 is 2.00 bits per heavy atom. The summed E-state index contributed by atoms with van der Waals surface area (Å²) >= 11 is 0. The molecule has 2 aromatic heterocycles. The fourth-order valence-electron chi connectivity index (χ4n) is 1.87.